The van der Waals surface area contributed by atoms with Gasteiger partial charge in [0.1, 0.15) is 6.26 Å². The van der Waals surface area contributed by atoms with Gasteiger partial charge in [-0.1, -0.05) is 32.1 Å². The van der Waals surface area contributed by atoms with Crippen LogP contribution in [0.1, 0.15) is 33.6 Å². The number of esters is 2. The average molecular weight is 252 g/mol. The van der Waals surface area contributed by atoms with Crippen molar-refractivity contribution in [1.82, 2.24) is 0 Å². The van der Waals surface area contributed by atoms with E-state index in [2.05, 4.69) is 6.58 Å². The lowest BCUT2D eigenvalue weighted by Gasteiger charge is -2.04. The van der Waals surface area contributed by atoms with Crippen molar-refractivity contribution in [1.29, 1.82) is 0 Å². The molecule has 0 aliphatic heterocycles. The SMILES string of the molecule is C=C/C=C(\C)C(=O)O/C=C(\C)C(=O)OCCCC. The number of rotatable bonds is 7. The molecule has 0 aromatic heterocycles. The van der Waals surface area contributed by atoms with Crippen molar-refractivity contribution >= 4 is 11.9 Å². The molecule has 0 amide bonds. The zero-order valence-corrected chi connectivity index (χ0v) is 11.2. The molecule has 0 aromatic carbocycles. The van der Waals surface area contributed by atoms with Gasteiger partial charge in [0, 0.05) is 5.57 Å². The maximum atomic E-state index is 11.4. The fraction of sp³-hybridized carbons (Fsp3) is 0.429. The molecule has 0 N–H and O–H groups in total. The molecule has 0 radical (unpaired) electrons. The molecule has 0 unspecified atom stereocenters. The van der Waals surface area contributed by atoms with Crippen LogP contribution in [0.3, 0.4) is 0 Å². The Hall–Kier alpha value is -1.84. The third kappa shape index (κ3) is 6.68. The van der Waals surface area contributed by atoms with Gasteiger partial charge in [-0.25, -0.2) is 9.59 Å². The summed E-state index contributed by atoms with van der Waals surface area (Å²) in [6.45, 7) is 9.00. The van der Waals surface area contributed by atoms with Crippen LogP contribution in [0.2, 0.25) is 0 Å². The molecule has 0 spiro atoms. The predicted octanol–water partition coefficient (Wildman–Crippen LogP) is 2.91. The summed E-state index contributed by atoms with van der Waals surface area (Å²) in [4.78, 5) is 22.8. The fourth-order valence-corrected chi connectivity index (χ4v) is 0.951. The van der Waals surface area contributed by atoms with E-state index in [1.54, 1.807) is 6.92 Å². The first-order valence-corrected chi connectivity index (χ1v) is 5.87. The van der Waals surface area contributed by atoms with E-state index in [9.17, 15) is 9.59 Å². The summed E-state index contributed by atoms with van der Waals surface area (Å²) in [5.41, 5.74) is 0.666. The lowest BCUT2D eigenvalue weighted by Crippen LogP contribution is -2.09. The van der Waals surface area contributed by atoms with E-state index < -0.39 is 11.9 Å². The topological polar surface area (TPSA) is 52.6 Å². The Morgan fingerprint density at radius 1 is 1.17 bits per heavy atom. The highest BCUT2D eigenvalue weighted by Crippen LogP contribution is 2.02. The standard InChI is InChI=1S/C14H20O4/c1-5-7-9-17-14(16)12(4)10-18-13(15)11(3)8-6-2/h6,8,10H,2,5,7,9H2,1,3-4H3/b11-8+,12-10+. The van der Waals surface area contributed by atoms with Gasteiger partial charge in [0.2, 0.25) is 0 Å². The van der Waals surface area contributed by atoms with E-state index in [0.29, 0.717) is 12.2 Å². The van der Waals surface area contributed by atoms with Crippen LogP contribution in [0.15, 0.2) is 36.1 Å². The summed E-state index contributed by atoms with van der Waals surface area (Å²) in [7, 11) is 0. The Bertz CT molecular complexity index is 364. The maximum absolute atomic E-state index is 11.4. The Morgan fingerprint density at radius 2 is 1.83 bits per heavy atom. The highest BCUT2D eigenvalue weighted by molar-refractivity contribution is 5.90. The van der Waals surface area contributed by atoms with E-state index >= 15 is 0 Å². The van der Waals surface area contributed by atoms with Gasteiger partial charge in [-0.2, -0.15) is 0 Å². The smallest absolute Gasteiger partial charge is 0.338 e. The lowest BCUT2D eigenvalue weighted by atomic mass is 10.3. The maximum Gasteiger partial charge on any atom is 0.338 e. The molecule has 0 rings (SSSR count). The molecule has 4 nitrogen and oxygen atoms in total. The number of unbranched alkanes of at least 4 members (excludes halogenated alkanes) is 1. The van der Waals surface area contributed by atoms with Crippen molar-refractivity contribution in [2.75, 3.05) is 6.61 Å². The van der Waals surface area contributed by atoms with Crippen LogP contribution >= 0.6 is 0 Å². The number of carbonyl (C=O) groups is 2. The Labute approximate surface area is 108 Å². The molecular formula is C14H20O4. The third-order valence-corrected chi connectivity index (χ3v) is 2.09. The second-order valence-corrected chi connectivity index (χ2v) is 3.78. The number of ether oxygens (including phenoxy) is 2. The van der Waals surface area contributed by atoms with E-state index in [0.717, 1.165) is 19.1 Å². The number of hydrogen-bond donors (Lipinski definition) is 0. The largest absolute Gasteiger partial charge is 0.462 e. The van der Waals surface area contributed by atoms with Crippen LogP contribution in [-0.4, -0.2) is 18.5 Å². The van der Waals surface area contributed by atoms with Gasteiger partial charge in [0.15, 0.2) is 0 Å². The van der Waals surface area contributed by atoms with Gasteiger partial charge < -0.3 is 9.47 Å². The first-order chi connectivity index (χ1) is 8.52. The summed E-state index contributed by atoms with van der Waals surface area (Å²) in [6.07, 6.45) is 5.91. The molecule has 0 saturated carbocycles. The molecule has 0 saturated heterocycles. The van der Waals surface area contributed by atoms with Crippen LogP contribution in [-0.2, 0) is 19.1 Å². The molecule has 0 bridgehead atoms. The van der Waals surface area contributed by atoms with Crippen molar-refractivity contribution in [3.05, 3.63) is 36.1 Å². The quantitative estimate of drug-likeness (QED) is 0.230. The van der Waals surface area contributed by atoms with Crippen LogP contribution in [0.4, 0.5) is 0 Å². The van der Waals surface area contributed by atoms with Crippen LogP contribution < -0.4 is 0 Å². The molecule has 0 heterocycles. The minimum Gasteiger partial charge on any atom is -0.462 e. The first-order valence-electron chi connectivity index (χ1n) is 5.87. The molecule has 0 aliphatic rings. The molecule has 4 heteroatoms. The van der Waals surface area contributed by atoms with Crippen LogP contribution in [0.25, 0.3) is 0 Å². The van der Waals surface area contributed by atoms with Gasteiger partial charge in [0.25, 0.3) is 0 Å². The highest BCUT2D eigenvalue weighted by atomic mass is 16.5. The normalized spacial score (nSPS) is 11.9. The number of hydrogen-bond acceptors (Lipinski definition) is 4. The van der Waals surface area contributed by atoms with Crippen molar-refractivity contribution < 1.29 is 19.1 Å². The van der Waals surface area contributed by atoms with Gasteiger partial charge in [-0.15, -0.1) is 0 Å². The number of carbonyl (C=O) groups excluding carboxylic acids is 2. The van der Waals surface area contributed by atoms with Crippen molar-refractivity contribution in [3.8, 4) is 0 Å². The number of allylic oxidation sites excluding steroid dienone is 2. The zero-order chi connectivity index (χ0) is 14.0. The van der Waals surface area contributed by atoms with Gasteiger partial charge in [-0.3, -0.25) is 0 Å². The molecule has 0 fully saturated rings. The lowest BCUT2D eigenvalue weighted by molar-refractivity contribution is -0.139. The van der Waals surface area contributed by atoms with E-state index in [4.69, 9.17) is 9.47 Å². The Morgan fingerprint density at radius 3 is 2.39 bits per heavy atom. The van der Waals surface area contributed by atoms with Crippen molar-refractivity contribution in [2.45, 2.75) is 33.6 Å². The van der Waals surface area contributed by atoms with Crippen molar-refractivity contribution in [3.63, 3.8) is 0 Å². The van der Waals surface area contributed by atoms with Gasteiger partial charge in [0.05, 0.1) is 12.2 Å². The summed E-state index contributed by atoms with van der Waals surface area (Å²) >= 11 is 0. The first kappa shape index (κ1) is 16.2. The zero-order valence-electron chi connectivity index (χ0n) is 11.2. The average Bonchev–Trinajstić information content (AvgIpc) is 2.35. The Kier molecular flexibility index (Phi) is 8.27. The third-order valence-electron chi connectivity index (χ3n) is 2.09. The molecular weight excluding hydrogens is 232 g/mol. The van der Waals surface area contributed by atoms with Crippen LogP contribution in [0.5, 0.6) is 0 Å². The fourth-order valence-electron chi connectivity index (χ4n) is 0.951. The molecule has 100 valence electrons. The van der Waals surface area contributed by atoms with E-state index in [-0.39, 0.29) is 5.57 Å². The summed E-state index contributed by atoms with van der Waals surface area (Å²) in [6, 6.07) is 0. The van der Waals surface area contributed by atoms with Gasteiger partial charge >= 0.3 is 11.9 Å². The highest BCUT2D eigenvalue weighted by Gasteiger charge is 2.08. The van der Waals surface area contributed by atoms with E-state index in [1.807, 2.05) is 6.92 Å². The predicted molar refractivity (Wildman–Crippen MR) is 69.7 cm³/mol. The molecule has 0 atom stereocenters. The minimum absolute atomic E-state index is 0.255. The second-order valence-electron chi connectivity index (χ2n) is 3.78. The summed E-state index contributed by atoms with van der Waals surface area (Å²) in [5.74, 6) is -0.989. The molecule has 0 aromatic rings. The minimum atomic E-state index is -0.518. The van der Waals surface area contributed by atoms with Crippen molar-refractivity contribution in [2.24, 2.45) is 0 Å². The molecule has 0 aliphatic carbocycles. The monoisotopic (exact) mass is 252 g/mol. The summed E-state index contributed by atoms with van der Waals surface area (Å²) < 4.78 is 9.78. The van der Waals surface area contributed by atoms with Crippen LogP contribution in [0, 0.1) is 0 Å². The van der Waals surface area contributed by atoms with E-state index in [1.165, 1.54) is 19.1 Å². The molecule has 18 heavy (non-hydrogen) atoms. The summed E-state index contributed by atoms with van der Waals surface area (Å²) in [5, 5.41) is 0. The Balaban J connectivity index is 4.25. The van der Waals surface area contributed by atoms with Gasteiger partial charge in [-0.05, 0) is 20.3 Å². The second kappa shape index (κ2) is 9.22.